The van der Waals surface area contributed by atoms with Crippen LogP contribution in [-0.2, 0) is 17.6 Å². The average molecular weight is 349 g/mol. The summed E-state index contributed by atoms with van der Waals surface area (Å²) in [5, 5.41) is 5.42. The number of carbonyl (C=O) groups is 2. The quantitative estimate of drug-likeness (QED) is 0.808. The molecule has 1 aliphatic rings. The largest absolute Gasteiger partial charge is 0.462 e. The van der Waals surface area contributed by atoms with E-state index in [9.17, 15) is 9.59 Å². The number of anilines is 1. The summed E-state index contributed by atoms with van der Waals surface area (Å²) in [5.41, 5.74) is 1.65. The molecule has 2 aromatic heterocycles. The molecule has 1 amide bonds. The van der Waals surface area contributed by atoms with E-state index in [0.29, 0.717) is 22.0 Å². The van der Waals surface area contributed by atoms with Crippen LogP contribution in [0.15, 0.2) is 17.5 Å². The van der Waals surface area contributed by atoms with Crippen molar-refractivity contribution in [3.8, 4) is 0 Å². The molecule has 1 N–H and O–H groups in total. The number of aryl methyl sites for hydroxylation is 1. The van der Waals surface area contributed by atoms with Crippen LogP contribution in [0.1, 0.15) is 56.7 Å². The van der Waals surface area contributed by atoms with Crippen molar-refractivity contribution in [3.05, 3.63) is 38.4 Å². The molecule has 4 nitrogen and oxygen atoms in total. The smallest absolute Gasteiger partial charge is 0.341 e. The fourth-order valence-corrected chi connectivity index (χ4v) is 4.60. The Morgan fingerprint density at radius 1 is 1.30 bits per heavy atom. The Morgan fingerprint density at radius 3 is 2.87 bits per heavy atom. The minimum Gasteiger partial charge on any atom is -0.462 e. The zero-order chi connectivity index (χ0) is 16.2. The normalized spacial score (nSPS) is 13.4. The Balaban J connectivity index is 1.90. The molecule has 122 valence electrons. The molecule has 23 heavy (non-hydrogen) atoms. The van der Waals surface area contributed by atoms with Crippen molar-refractivity contribution in [2.24, 2.45) is 0 Å². The Kier molecular flexibility index (Phi) is 5.13. The number of amides is 1. The number of esters is 1. The Bertz CT molecular complexity index is 704. The van der Waals surface area contributed by atoms with Gasteiger partial charge in [-0.25, -0.2) is 4.79 Å². The van der Waals surface area contributed by atoms with Crippen molar-refractivity contribution >= 4 is 39.6 Å². The third-order valence-corrected chi connectivity index (χ3v) is 5.86. The molecule has 0 radical (unpaired) electrons. The number of nitrogens with one attached hydrogen (secondary N) is 1. The second-order valence-electron chi connectivity index (χ2n) is 5.48. The van der Waals surface area contributed by atoms with Crippen LogP contribution in [0.5, 0.6) is 0 Å². The van der Waals surface area contributed by atoms with Crippen LogP contribution in [0.4, 0.5) is 5.00 Å². The molecule has 2 aromatic rings. The molecular formula is C17H19NO3S2. The van der Waals surface area contributed by atoms with Crippen molar-refractivity contribution in [1.29, 1.82) is 0 Å². The summed E-state index contributed by atoms with van der Waals surface area (Å²) in [6.07, 6.45) is 4.86. The van der Waals surface area contributed by atoms with E-state index in [1.807, 2.05) is 18.4 Å². The zero-order valence-electron chi connectivity index (χ0n) is 13.0. The summed E-state index contributed by atoms with van der Waals surface area (Å²) in [6, 6.07) is 3.62. The molecule has 0 unspecified atom stereocenters. The molecule has 0 saturated carbocycles. The minimum absolute atomic E-state index is 0.164. The average Bonchev–Trinajstić information content (AvgIpc) is 3.19. The molecule has 0 atom stereocenters. The van der Waals surface area contributed by atoms with E-state index in [1.54, 1.807) is 6.07 Å². The highest BCUT2D eigenvalue weighted by Gasteiger charge is 2.27. The number of thiophene rings is 2. The Hall–Kier alpha value is -1.66. The number of hydrogen-bond donors (Lipinski definition) is 1. The van der Waals surface area contributed by atoms with Gasteiger partial charge in [0.15, 0.2) is 0 Å². The first-order chi connectivity index (χ1) is 11.2. The topological polar surface area (TPSA) is 55.4 Å². The van der Waals surface area contributed by atoms with Gasteiger partial charge in [0.05, 0.1) is 17.0 Å². The molecule has 1 aliphatic carbocycles. The zero-order valence-corrected chi connectivity index (χ0v) is 14.6. The van der Waals surface area contributed by atoms with Crippen molar-refractivity contribution in [2.75, 3.05) is 11.9 Å². The maximum absolute atomic E-state index is 12.5. The van der Waals surface area contributed by atoms with Gasteiger partial charge in [-0.1, -0.05) is 13.0 Å². The van der Waals surface area contributed by atoms with Gasteiger partial charge in [-0.3, -0.25) is 4.79 Å². The van der Waals surface area contributed by atoms with Gasteiger partial charge < -0.3 is 10.1 Å². The first-order valence-electron chi connectivity index (χ1n) is 7.87. The van der Waals surface area contributed by atoms with Crippen LogP contribution in [0.25, 0.3) is 0 Å². The maximum Gasteiger partial charge on any atom is 0.341 e. The van der Waals surface area contributed by atoms with Crippen LogP contribution in [0, 0.1) is 0 Å². The lowest BCUT2D eigenvalue weighted by Gasteiger charge is -2.12. The number of rotatable bonds is 5. The van der Waals surface area contributed by atoms with Crippen LogP contribution >= 0.6 is 22.7 Å². The first kappa shape index (κ1) is 16.2. The monoisotopic (exact) mass is 349 g/mol. The van der Waals surface area contributed by atoms with Crippen molar-refractivity contribution in [3.63, 3.8) is 0 Å². The van der Waals surface area contributed by atoms with Crippen LogP contribution in [0.3, 0.4) is 0 Å². The van der Waals surface area contributed by atoms with Crippen LogP contribution < -0.4 is 5.32 Å². The van der Waals surface area contributed by atoms with Gasteiger partial charge in [0.2, 0.25) is 0 Å². The van der Waals surface area contributed by atoms with Crippen molar-refractivity contribution in [2.45, 2.75) is 39.0 Å². The fourth-order valence-electron chi connectivity index (χ4n) is 2.71. The van der Waals surface area contributed by atoms with Gasteiger partial charge >= 0.3 is 5.97 Å². The van der Waals surface area contributed by atoms with Gasteiger partial charge in [-0.05, 0) is 49.1 Å². The molecule has 0 bridgehead atoms. The molecule has 0 fully saturated rings. The predicted octanol–water partition coefficient (Wildman–Crippen LogP) is 4.51. The van der Waals surface area contributed by atoms with Gasteiger partial charge in [0.25, 0.3) is 5.91 Å². The number of hydrogen-bond acceptors (Lipinski definition) is 5. The second kappa shape index (κ2) is 7.27. The molecule has 6 heteroatoms. The third-order valence-electron chi connectivity index (χ3n) is 3.78. The number of ether oxygens (including phenoxy) is 1. The van der Waals surface area contributed by atoms with E-state index in [0.717, 1.165) is 37.7 Å². The predicted molar refractivity (Wildman–Crippen MR) is 93.8 cm³/mol. The van der Waals surface area contributed by atoms with Crippen LogP contribution in [0.2, 0.25) is 0 Å². The lowest BCUT2D eigenvalue weighted by Crippen LogP contribution is -2.15. The summed E-state index contributed by atoms with van der Waals surface area (Å²) in [5.74, 6) is -0.476. The summed E-state index contributed by atoms with van der Waals surface area (Å²) in [6.45, 7) is 2.37. The number of fused-ring (bicyclic) bond motifs is 1. The molecule has 0 aromatic carbocycles. The van der Waals surface area contributed by atoms with E-state index < -0.39 is 0 Å². The van der Waals surface area contributed by atoms with Crippen molar-refractivity contribution in [1.82, 2.24) is 0 Å². The first-order valence-corrected chi connectivity index (χ1v) is 9.56. The van der Waals surface area contributed by atoms with Crippen LogP contribution in [-0.4, -0.2) is 18.5 Å². The van der Waals surface area contributed by atoms with Gasteiger partial charge in [0, 0.05) is 4.88 Å². The SMILES string of the molecule is CCCOC(=O)c1c(NC(=O)c2cccs2)sc2c1CCCC2. The summed E-state index contributed by atoms with van der Waals surface area (Å²) < 4.78 is 5.33. The molecule has 0 saturated heterocycles. The summed E-state index contributed by atoms with van der Waals surface area (Å²) >= 11 is 2.91. The summed E-state index contributed by atoms with van der Waals surface area (Å²) in [7, 11) is 0. The molecule has 0 aliphatic heterocycles. The van der Waals surface area contributed by atoms with E-state index in [2.05, 4.69) is 5.32 Å². The van der Waals surface area contributed by atoms with Gasteiger partial charge in [0.1, 0.15) is 5.00 Å². The maximum atomic E-state index is 12.5. The van der Waals surface area contributed by atoms with E-state index in [1.165, 1.54) is 27.6 Å². The highest BCUT2D eigenvalue weighted by atomic mass is 32.1. The Morgan fingerprint density at radius 2 is 2.13 bits per heavy atom. The Labute approximate surface area is 143 Å². The second-order valence-corrected chi connectivity index (χ2v) is 7.54. The van der Waals surface area contributed by atoms with Gasteiger partial charge in [-0.2, -0.15) is 0 Å². The minimum atomic E-state index is -0.312. The lowest BCUT2D eigenvalue weighted by molar-refractivity contribution is 0.0505. The lowest BCUT2D eigenvalue weighted by atomic mass is 9.95. The van der Waals surface area contributed by atoms with Crippen molar-refractivity contribution < 1.29 is 14.3 Å². The molecule has 0 spiro atoms. The molecular weight excluding hydrogens is 330 g/mol. The highest BCUT2D eigenvalue weighted by molar-refractivity contribution is 7.17. The fraction of sp³-hybridized carbons (Fsp3) is 0.412. The van der Waals surface area contributed by atoms with E-state index in [-0.39, 0.29) is 11.9 Å². The van der Waals surface area contributed by atoms with E-state index >= 15 is 0 Å². The summed E-state index contributed by atoms with van der Waals surface area (Å²) in [4.78, 5) is 26.6. The molecule has 2 heterocycles. The third kappa shape index (κ3) is 3.48. The van der Waals surface area contributed by atoms with E-state index in [4.69, 9.17) is 4.74 Å². The molecule has 3 rings (SSSR count). The van der Waals surface area contributed by atoms with Gasteiger partial charge in [-0.15, -0.1) is 22.7 Å². The number of carbonyl (C=O) groups excluding carboxylic acids is 2. The standard InChI is InChI=1S/C17H19NO3S2/c1-2-9-21-17(20)14-11-6-3-4-7-12(11)23-16(14)18-15(19)13-8-5-10-22-13/h5,8,10H,2-4,6-7,9H2,1H3,(H,18,19). The highest BCUT2D eigenvalue weighted by Crippen LogP contribution is 2.38.